The zero-order valence-corrected chi connectivity index (χ0v) is 11.5. The van der Waals surface area contributed by atoms with Crippen molar-refractivity contribution in [2.45, 2.75) is 26.8 Å². The number of allylic oxidation sites excluding steroid dienone is 1. The molecule has 1 aromatic carbocycles. The Morgan fingerprint density at radius 2 is 2.11 bits per heavy atom. The van der Waals surface area contributed by atoms with Gasteiger partial charge in [-0.05, 0) is 44.5 Å². The molecule has 3 nitrogen and oxygen atoms in total. The first-order valence-corrected chi connectivity index (χ1v) is 6.43. The molecule has 18 heavy (non-hydrogen) atoms. The lowest BCUT2D eigenvalue weighted by Gasteiger charge is -2.11. The zero-order valence-electron chi connectivity index (χ0n) is 11.5. The summed E-state index contributed by atoms with van der Waals surface area (Å²) in [5.74, 6) is 1.60. The van der Waals surface area contributed by atoms with Crippen molar-refractivity contribution in [3.05, 3.63) is 35.9 Å². The van der Waals surface area contributed by atoms with Crippen LogP contribution >= 0.6 is 0 Å². The predicted octanol–water partition coefficient (Wildman–Crippen LogP) is 3.15. The Labute approximate surface area is 110 Å². The first-order valence-electron chi connectivity index (χ1n) is 6.43. The van der Waals surface area contributed by atoms with Crippen LogP contribution in [0, 0.1) is 0 Å². The van der Waals surface area contributed by atoms with Crippen LogP contribution in [0.15, 0.2) is 30.4 Å². The fourth-order valence-electron chi connectivity index (χ4n) is 1.68. The smallest absolute Gasteiger partial charge is 0.161 e. The molecule has 0 fully saturated rings. The van der Waals surface area contributed by atoms with E-state index in [-0.39, 0.29) is 0 Å². The van der Waals surface area contributed by atoms with E-state index in [0.29, 0.717) is 6.61 Å². The van der Waals surface area contributed by atoms with E-state index in [1.165, 1.54) is 5.56 Å². The second kappa shape index (κ2) is 8.59. The molecule has 100 valence electrons. The quantitative estimate of drug-likeness (QED) is 0.567. The van der Waals surface area contributed by atoms with Gasteiger partial charge >= 0.3 is 0 Å². The number of rotatable bonds is 8. The third-order valence-electron chi connectivity index (χ3n) is 2.58. The van der Waals surface area contributed by atoms with Gasteiger partial charge in [-0.3, -0.25) is 0 Å². The molecule has 0 amide bonds. The van der Waals surface area contributed by atoms with Gasteiger partial charge in [0, 0.05) is 6.54 Å². The molecule has 3 heteroatoms. The highest BCUT2D eigenvalue weighted by molar-refractivity contribution is 5.42. The second-order valence-electron chi connectivity index (χ2n) is 3.95. The summed E-state index contributed by atoms with van der Waals surface area (Å²) in [5, 5.41) is 3.40. The van der Waals surface area contributed by atoms with E-state index in [4.69, 9.17) is 9.47 Å². The first kappa shape index (κ1) is 14.6. The average molecular weight is 249 g/mol. The standard InChI is InChI=1S/C15H23NO2/c1-4-6-7-10-16-12-13-8-9-14(17-3)15(11-13)18-5-2/h4,6,8-9,11,16H,5,7,10,12H2,1-3H3/b6-4+. The van der Waals surface area contributed by atoms with Gasteiger partial charge in [0.05, 0.1) is 13.7 Å². The topological polar surface area (TPSA) is 30.5 Å². The molecule has 0 saturated heterocycles. The fraction of sp³-hybridized carbons (Fsp3) is 0.467. The number of methoxy groups -OCH3 is 1. The van der Waals surface area contributed by atoms with Gasteiger partial charge in [-0.2, -0.15) is 0 Å². The molecule has 1 N–H and O–H groups in total. The van der Waals surface area contributed by atoms with E-state index in [1.807, 2.05) is 26.0 Å². The molecule has 0 unspecified atom stereocenters. The van der Waals surface area contributed by atoms with E-state index < -0.39 is 0 Å². The maximum absolute atomic E-state index is 5.55. The molecular weight excluding hydrogens is 226 g/mol. The van der Waals surface area contributed by atoms with Crippen molar-refractivity contribution in [2.75, 3.05) is 20.3 Å². The summed E-state index contributed by atoms with van der Waals surface area (Å²) in [6, 6.07) is 6.04. The molecule has 0 bridgehead atoms. The molecule has 0 saturated carbocycles. The van der Waals surface area contributed by atoms with E-state index in [0.717, 1.165) is 31.0 Å². The van der Waals surface area contributed by atoms with Crippen LogP contribution in [-0.2, 0) is 6.54 Å². The van der Waals surface area contributed by atoms with Crippen molar-refractivity contribution >= 4 is 0 Å². The van der Waals surface area contributed by atoms with Gasteiger partial charge in [-0.15, -0.1) is 0 Å². The van der Waals surface area contributed by atoms with Crippen molar-refractivity contribution in [3.63, 3.8) is 0 Å². The van der Waals surface area contributed by atoms with Crippen LogP contribution in [0.25, 0.3) is 0 Å². The zero-order chi connectivity index (χ0) is 13.2. The minimum atomic E-state index is 0.647. The number of benzene rings is 1. The van der Waals surface area contributed by atoms with Crippen LogP contribution in [0.1, 0.15) is 25.8 Å². The maximum atomic E-state index is 5.55. The van der Waals surface area contributed by atoms with E-state index in [9.17, 15) is 0 Å². The van der Waals surface area contributed by atoms with Gasteiger partial charge in [-0.1, -0.05) is 18.2 Å². The lowest BCUT2D eigenvalue weighted by Crippen LogP contribution is -2.14. The van der Waals surface area contributed by atoms with Crippen molar-refractivity contribution in [1.29, 1.82) is 0 Å². The van der Waals surface area contributed by atoms with Crippen LogP contribution < -0.4 is 14.8 Å². The Balaban J connectivity index is 2.52. The van der Waals surface area contributed by atoms with Crippen LogP contribution in [-0.4, -0.2) is 20.3 Å². The van der Waals surface area contributed by atoms with Crippen LogP contribution in [0.2, 0.25) is 0 Å². The molecular formula is C15H23NO2. The Morgan fingerprint density at radius 3 is 2.78 bits per heavy atom. The van der Waals surface area contributed by atoms with Gasteiger partial charge in [-0.25, -0.2) is 0 Å². The molecule has 1 rings (SSSR count). The Morgan fingerprint density at radius 1 is 1.28 bits per heavy atom. The monoisotopic (exact) mass is 249 g/mol. The number of ether oxygens (including phenoxy) is 2. The molecule has 0 aromatic heterocycles. The summed E-state index contributed by atoms with van der Waals surface area (Å²) in [5.41, 5.74) is 1.21. The van der Waals surface area contributed by atoms with Gasteiger partial charge in [0.15, 0.2) is 11.5 Å². The van der Waals surface area contributed by atoms with Crippen LogP contribution in [0.3, 0.4) is 0 Å². The van der Waals surface area contributed by atoms with Crippen molar-refractivity contribution in [3.8, 4) is 11.5 Å². The lowest BCUT2D eigenvalue weighted by atomic mass is 10.2. The largest absolute Gasteiger partial charge is 0.493 e. The summed E-state index contributed by atoms with van der Waals surface area (Å²) >= 11 is 0. The summed E-state index contributed by atoms with van der Waals surface area (Å²) < 4.78 is 10.8. The van der Waals surface area contributed by atoms with E-state index >= 15 is 0 Å². The molecule has 0 heterocycles. The summed E-state index contributed by atoms with van der Waals surface area (Å²) in [6.07, 6.45) is 5.29. The highest BCUT2D eigenvalue weighted by Gasteiger charge is 2.04. The normalized spacial score (nSPS) is 10.8. The molecule has 1 aromatic rings. The Bertz CT molecular complexity index is 375. The minimum absolute atomic E-state index is 0.647. The molecule has 0 atom stereocenters. The Hall–Kier alpha value is -1.48. The summed E-state index contributed by atoms with van der Waals surface area (Å²) in [7, 11) is 1.66. The number of hydrogen-bond acceptors (Lipinski definition) is 3. The summed E-state index contributed by atoms with van der Waals surface area (Å²) in [4.78, 5) is 0. The van der Waals surface area contributed by atoms with Gasteiger partial charge in [0.1, 0.15) is 0 Å². The first-order chi connectivity index (χ1) is 8.81. The minimum Gasteiger partial charge on any atom is -0.493 e. The highest BCUT2D eigenvalue weighted by atomic mass is 16.5. The fourth-order valence-corrected chi connectivity index (χ4v) is 1.68. The van der Waals surface area contributed by atoms with Crippen LogP contribution in [0.4, 0.5) is 0 Å². The van der Waals surface area contributed by atoms with Crippen LogP contribution in [0.5, 0.6) is 11.5 Å². The van der Waals surface area contributed by atoms with Crippen molar-refractivity contribution in [2.24, 2.45) is 0 Å². The third kappa shape index (κ3) is 4.80. The predicted molar refractivity (Wildman–Crippen MR) is 75.3 cm³/mol. The SMILES string of the molecule is C/C=C/CCNCc1ccc(OC)c(OCC)c1. The van der Waals surface area contributed by atoms with Crippen molar-refractivity contribution in [1.82, 2.24) is 5.32 Å². The lowest BCUT2D eigenvalue weighted by molar-refractivity contribution is 0.310. The molecule has 0 aliphatic rings. The second-order valence-corrected chi connectivity index (χ2v) is 3.95. The molecule has 0 aliphatic heterocycles. The average Bonchev–Trinajstić information content (AvgIpc) is 2.39. The summed E-state index contributed by atoms with van der Waals surface area (Å²) in [6.45, 7) is 6.50. The van der Waals surface area contributed by atoms with Crippen molar-refractivity contribution < 1.29 is 9.47 Å². The third-order valence-corrected chi connectivity index (χ3v) is 2.58. The van der Waals surface area contributed by atoms with Gasteiger partial charge < -0.3 is 14.8 Å². The Kier molecular flexibility index (Phi) is 6.96. The number of hydrogen-bond donors (Lipinski definition) is 1. The molecule has 0 aliphatic carbocycles. The van der Waals surface area contributed by atoms with E-state index in [2.05, 4.69) is 23.5 Å². The molecule has 0 spiro atoms. The number of nitrogens with one attached hydrogen (secondary N) is 1. The maximum Gasteiger partial charge on any atom is 0.161 e. The van der Waals surface area contributed by atoms with Gasteiger partial charge in [0.25, 0.3) is 0 Å². The van der Waals surface area contributed by atoms with Gasteiger partial charge in [0.2, 0.25) is 0 Å². The molecule has 0 radical (unpaired) electrons. The van der Waals surface area contributed by atoms with E-state index in [1.54, 1.807) is 7.11 Å². The highest BCUT2D eigenvalue weighted by Crippen LogP contribution is 2.27.